The van der Waals surface area contributed by atoms with Crippen LogP contribution in [0.4, 0.5) is 0 Å². The third-order valence-corrected chi connectivity index (χ3v) is 3.69. The molecule has 0 aliphatic heterocycles. The number of hydrogen-bond donors (Lipinski definition) is 1. The number of rotatable bonds is 4. The zero-order valence-corrected chi connectivity index (χ0v) is 12.1. The van der Waals surface area contributed by atoms with E-state index in [4.69, 9.17) is 0 Å². The second-order valence-corrected chi connectivity index (χ2v) is 5.19. The number of benzene rings is 2. The van der Waals surface area contributed by atoms with E-state index in [1.54, 1.807) is 0 Å². The van der Waals surface area contributed by atoms with Gasteiger partial charge in [-0.15, -0.1) is 0 Å². The molecule has 0 saturated carbocycles. The first kappa shape index (κ1) is 13.1. The van der Waals surface area contributed by atoms with Gasteiger partial charge in [-0.3, -0.25) is 4.79 Å². The number of carbonyl (C=O) groups excluding carboxylic acids is 1. The van der Waals surface area contributed by atoms with E-state index in [1.165, 1.54) is 0 Å². The first-order valence-electron chi connectivity index (χ1n) is 5.80. The summed E-state index contributed by atoms with van der Waals surface area (Å²) in [5.41, 5.74) is 2.19. The zero-order chi connectivity index (χ0) is 12.8. The van der Waals surface area contributed by atoms with E-state index in [0.717, 1.165) is 14.7 Å². The first-order valence-corrected chi connectivity index (χ1v) is 6.87. The van der Waals surface area contributed by atoms with Gasteiger partial charge in [0.1, 0.15) is 0 Å². The number of nitrogens with one attached hydrogen (secondary N) is 1. The predicted molar refractivity (Wildman–Crippen MR) is 81.2 cm³/mol. The van der Waals surface area contributed by atoms with Gasteiger partial charge in [0.05, 0.1) is 6.42 Å². The van der Waals surface area contributed by atoms with E-state index in [9.17, 15) is 4.79 Å². The van der Waals surface area contributed by atoms with Crippen LogP contribution in [0, 0.1) is 3.57 Å². The average molecular weight is 351 g/mol. The molecule has 0 bridgehead atoms. The Balaban J connectivity index is 1.88. The first-order chi connectivity index (χ1) is 8.75. The van der Waals surface area contributed by atoms with E-state index >= 15 is 0 Å². The molecule has 1 amide bonds. The van der Waals surface area contributed by atoms with Gasteiger partial charge in [-0.05, 0) is 39.8 Å². The Bertz CT molecular complexity index is 525. The summed E-state index contributed by atoms with van der Waals surface area (Å²) >= 11 is 2.25. The van der Waals surface area contributed by atoms with Crippen LogP contribution in [0.25, 0.3) is 0 Å². The molecular formula is C15H14INO. The summed E-state index contributed by atoms with van der Waals surface area (Å²) in [6.45, 7) is 0.586. The minimum Gasteiger partial charge on any atom is -0.352 e. The van der Waals surface area contributed by atoms with Gasteiger partial charge in [-0.1, -0.05) is 48.5 Å². The maximum Gasteiger partial charge on any atom is 0.224 e. The maximum atomic E-state index is 11.8. The summed E-state index contributed by atoms with van der Waals surface area (Å²) in [6.07, 6.45) is 0.436. The van der Waals surface area contributed by atoms with Gasteiger partial charge in [0, 0.05) is 10.1 Å². The molecule has 0 saturated heterocycles. The minimum absolute atomic E-state index is 0.0583. The van der Waals surface area contributed by atoms with Gasteiger partial charge in [-0.2, -0.15) is 0 Å². The lowest BCUT2D eigenvalue weighted by Crippen LogP contribution is -2.24. The smallest absolute Gasteiger partial charge is 0.224 e. The van der Waals surface area contributed by atoms with Crippen molar-refractivity contribution in [3.05, 3.63) is 69.3 Å². The van der Waals surface area contributed by atoms with Crippen LogP contribution in [0.2, 0.25) is 0 Å². The molecule has 0 aliphatic carbocycles. The predicted octanol–water partition coefficient (Wildman–Crippen LogP) is 3.15. The Kier molecular flexibility index (Phi) is 4.75. The molecule has 0 aromatic heterocycles. The van der Waals surface area contributed by atoms with E-state index in [-0.39, 0.29) is 5.91 Å². The SMILES string of the molecule is O=C(Cc1ccccc1I)NCc1ccccc1. The molecule has 0 fully saturated rings. The Morgan fingerprint density at radius 2 is 1.67 bits per heavy atom. The van der Waals surface area contributed by atoms with Crippen molar-refractivity contribution in [1.29, 1.82) is 0 Å². The standard InChI is InChI=1S/C15H14INO/c16-14-9-5-4-8-13(14)10-15(18)17-11-12-6-2-1-3-7-12/h1-9H,10-11H2,(H,17,18). The summed E-state index contributed by atoms with van der Waals surface area (Å²) in [6, 6.07) is 17.9. The fourth-order valence-corrected chi connectivity index (χ4v) is 2.25. The Hall–Kier alpha value is -1.36. The third kappa shape index (κ3) is 3.84. The molecule has 3 heteroatoms. The largest absolute Gasteiger partial charge is 0.352 e. The summed E-state index contributed by atoms with van der Waals surface area (Å²) in [4.78, 5) is 11.8. The molecule has 92 valence electrons. The lowest BCUT2D eigenvalue weighted by Gasteiger charge is -2.06. The van der Waals surface area contributed by atoms with E-state index in [2.05, 4.69) is 27.9 Å². The summed E-state index contributed by atoms with van der Waals surface area (Å²) in [5.74, 6) is 0.0583. The molecule has 0 aliphatic rings. The van der Waals surface area contributed by atoms with E-state index in [0.29, 0.717) is 13.0 Å². The van der Waals surface area contributed by atoms with Crippen molar-refractivity contribution in [1.82, 2.24) is 5.32 Å². The van der Waals surface area contributed by atoms with Crippen LogP contribution in [0.1, 0.15) is 11.1 Å². The van der Waals surface area contributed by atoms with E-state index < -0.39 is 0 Å². The number of carbonyl (C=O) groups is 1. The Morgan fingerprint density at radius 3 is 2.39 bits per heavy atom. The molecule has 0 heterocycles. The quantitative estimate of drug-likeness (QED) is 0.843. The highest BCUT2D eigenvalue weighted by atomic mass is 127. The summed E-state index contributed by atoms with van der Waals surface area (Å²) < 4.78 is 1.13. The third-order valence-electron chi connectivity index (χ3n) is 2.64. The number of amides is 1. The molecule has 2 nitrogen and oxygen atoms in total. The molecule has 0 atom stereocenters. The van der Waals surface area contributed by atoms with Crippen molar-refractivity contribution in [2.24, 2.45) is 0 Å². The van der Waals surface area contributed by atoms with Crippen LogP contribution in [-0.4, -0.2) is 5.91 Å². The van der Waals surface area contributed by atoms with E-state index in [1.807, 2.05) is 54.6 Å². The van der Waals surface area contributed by atoms with Gasteiger partial charge < -0.3 is 5.32 Å². The fourth-order valence-electron chi connectivity index (χ4n) is 1.67. The van der Waals surface area contributed by atoms with Crippen LogP contribution in [0.3, 0.4) is 0 Å². The van der Waals surface area contributed by atoms with Crippen molar-refractivity contribution >= 4 is 28.5 Å². The number of halogens is 1. The van der Waals surface area contributed by atoms with Crippen molar-refractivity contribution in [2.75, 3.05) is 0 Å². The zero-order valence-electron chi connectivity index (χ0n) is 9.90. The molecule has 2 aromatic rings. The van der Waals surface area contributed by atoms with Crippen LogP contribution < -0.4 is 5.32 Å². The van der Waals surface area contributed by atoms with Gasteiger partial charge in [0.2, 0.25) is 5.91 Å². The van der Waals surface area contributed by atoms with Crippen LogP contribution in [0.15, 0.2) is 54.6 Å². The topological polar surface area (TPSA) is 29.1 Å². The van der Waals surface area contributed by atoms with Gasteiger partial charge in [0.25, 0.3) is 0 Å². The molecule has 0 radical (unpaired) electrons. The monoisotopic (exact) mass is 351 g/mol. The van der Waals surface area contributed by atoms with Gasteiger partial charge in [-0.25, -0.2) is 0 Å². The Morgan fingerprint density at radius 1 is 1.00 bits per heavy atom. The Labute approximate surface area is 121 Å². The fraction of sp³-hybridized carbons (Fsp3) is 0.133. The molecule has 0 spiro atoms. The van der Waals surface area contributed by atoms with Gasteiger partial charge >= 0.3 is 0 Å². The van der Waals surface area contributed by atoms with Crippen LogP contribution >= 0.6 is 22.6 Å². The molecule has 1 N–H and O–H groups in total. The minimum atomic E-state index is 0.0583. The molecular weight excluding hydrogens is 337 g/mol. The van der Waals surface area contributed by atoms with Crippen molar-refractivity contribution in [2.45, 2.75) is 13.0 Å². The summed E-state index contributed by atoms with van der Waals surface area (Å²) in [5, 5.41) is 2.93. The highest BCUT2D eigenvalue weighted by Gasteiger charge is 2.05. The molecule has 2 aromatic carbocycles. The second kappa shape index (κ2) is 6.54. The second-order valence-electron chi connectivity index (χ2n) is 4.03. The molecule has 18 heavy (non-hydrogen) atoms. The number of hydrogen-bond acceptors (Lipinski definition) is 1. The maximum absolute atomic E-state index is 11.8. The van der Waals surface area contributed by atoms with Crippen LogP contribution in [0.5, 0.6) is 0 Å². The lowest BCUT2D eigenvalue weighted by atomic mass is 10.1. The highest BCUT2D eigenvalue weighted by Crippen LogP contribution is 2.11. The highest BCUT2D eigenvalue weighted by molar-refractivity contribution is 14.1. The average Bonchev–Trinajstić information content (AvgIpc) is 2.40. The van der Waals surface area contributed by atoms with Crippen molar-refractivity contribution in [3.8, 4) is 0 Å². The molecule has 0 unspecified atom stereocenters. The summed E-state index contributed by atoms with van der Waals surface area (Å²) in [7, 11) is 0. The lowest BCUT2D eigenvalue weighted by molar-refractivity contribution is -0.120. The molecule has 2 rings (SSSR count). The van der Waals surface area contributed by atoms with Crippen molar-refractivity contribution < 1.29 is 4.79 Å². The van der Waals surface area contributed by atoms with Crippen LogP contribution in [-0.2, 0) is 17.8 Å². The van der Waals surface area contributed by atoms with Gasteiger partial charge in [0.15, 0.2) is 0 Å². The normalized spacial score (nSPS) is 10.1. The van der Waals surface area contributed by atoms with Crippen molar-refractivity contribution in [3.63, 3.8) is 0 Å².